The zero-order valence-electron chi connectivity index (χ0n) is 12.0. The molecule has 0 bridgehead atoms. The third-order valence-corrected chi connectivity index (χ3v) is 3.52. The van der Waals surface area contributed by atoms with E-state index in [-0.39, 0.29) is 6.61 Å². The van der Waals surface area contributed by atoms with Gasteiger partial charge in [-0.15, -0.1) is 0 Å². The van der Waals surface area contributed by atoms with Crippen LogP contribution in [0.4, 0.5) is 5.69 Å². The molecule has 0 aliphatic heterocycles. The van der Waals surface area contributed by atoms with E-state index in [0.29, 0.717) is 16.3 Å². The Morgan fingerprint density at radius 3 is 2.61 bits per heavy atom. The van der Waals surface area contributed by atoms with Gasteiger partial charge in [0.2, 0.25) is 0 Å². The molecule has 0 saturated heterocycles. The minimum Gasteiger partial charge on any atom is -0.452 e. The van der Waals surface area contributed by atoms with Gasteiger partial charge < -0.3 is 15.0 Å². The van der Waals surface area contributed by atoms with Crippen LogP contribution in [-0.2, 0) is 9.53 Å². The third kappa shape index (κ3) is 3.52. The molecule has 0 aliphatic rings. The van der Waals surface area contributed by atoms with Gasteiger partial charge in [0.25, 0.3) is 5.91 Å². The quantitative estimate of drug-likeness (QED) is 0.719. The van der Waals surface area contributed by atoms with E-state index >= 15 is 0 Å². The molecule has 0 radical (unpaired) electrons. The van der Waals surface area contributed by atoms with Crippen LogP contribution in [-0.4, -0.2) is 23.5 Å². The molecule has 2 N–H and O–H groups in total. The number of aromatic amines is 1. The minimum atomic E-state index is -0.547. The lowest BCUT2D eigenvalue weighted by atomic mass is 10.2. The van der Waals surface area contributed by atoms with Crippen molar-refractivity contribution in [3.05, 3.63) is 65.3 Å². The van der Waals surface area contributed by atoms with Crippen LogP contribution in [0.3, 0.4) is 0 Å². The molecular formula is C17H13ClN2O3. The summed E-state index contributed by atoms with van der Waals surface area (Å²) >= 11 is 5.77. The van der Waals surface area contributed by atoms with Crippen LogP contribution in [0.2, 0.25) is 5.02 Å². The van der Waals surface area contributed by atoms with Crippen molar-refractivity contribution in [2.24, 2.45) is 0 Å². The lowest BCUT2D eigenvalue weighted by Gasteiger charge is -2.06. The number of H-pyrrole nitrogens is 1. The molecular weight excluding hydrogens is 316 g/mol. The van der Waals surface area contributed by atoms with E-state index < -0.39 is 11.9 Å². The molecule has 116 valence electrons. The number of ether oxygens (including phenoxy) is 1. The van der Waals surface area contributed by atoms with Crippen LogP contribution in [0.1, 0.15) is 10.4 Å². The summed E-state index contributed by atoms with van der Waals surface area (Å²) in [4.78, 5) is 26.9. The van der Waals surface area contributed by atoms with Crippen LogP contribution in [0.25, 0.3) is 10.9 Å². The number of nitrogens with one attached hydrogen (secondary N) is 2. The molecule has 1 aromatic heterocycles. The highest BCUT2D eigenvalue weighted by atomic mass is 35.5. The molecule has 1 heterocycles. The number of halogens is 1. The van der Waals surface area contributed by atoms with E-state index in [9.17, 15) is 9.59 Å². The summed E-state index contributed by atoms with van der Waals surface area (Å²) in [5.74, 6) is -0.964. The van der Waals surface area contributed by atoms with Crippen LogP contribution < -0.4 is 5.32 Å². The number of benzene rings is 2. The number of amides is 1. The number of anilines is 1. The van der Waals surface area contributed by atoms with Gasteiger partial charge >= 0.3 is 5.97 Å². The summed E-state index contributed by atoms with van der Waals surface area (Å²) in [7, 11) is 0. The highest BCUT2D eigenvalue weighted by molar-refractivity contribution is 6.30. The molecule has 0 atom stereocenters. The van der Waals surface area contributed by atoms with E-state index in [2.05, 4.69) is 10.3 Å². The Balaban J connectivity index is 1.60. The first-order valence-electron chi connectivity index (χ1n) is 6.92. The number of esters is 1. The predicted molar refractivity (Wildman–Crippen MR) is 88.7 cm³/mol. The molecule has 0 unspecified atom stereocenters. The van der Waals surface area contributed by atoms with E-state index in [4.69, 9.17) is 16.3 Å². The number of para-hydroxylation sites is 1. The van der Waals surface area contributed by atoms with Gasteiger partial charge in [0, 0.05) is 27.8 Å². The molecule has 3 rings (SSSR count). The van der Waals surface area contributed by atoms with Crippen molar-refractivity contribution in [2.75, 3.05) is 11.9 Å². The average molecular weight is 329 g/mol. The van der Waals surface area contributed by atoms with Crippen LogP contribution in [0.5, 0.6) is 0 Å². The lowest BCUT2D eigenvalue weighted by molar-refractivity contribution is -0.119. The zero-order chi connectivity index (χ0) is 16.2. The summed E-state index contributed by atoms with van der Waals surface area (Å²) in [6.45, 7) is -0.360. The summed E-state index contributed by atoms with van der Waals surface area (Å²) in [5.41, 5.74) is 1.83. The molecule has 0 saturated carbocycles. The average Bonchev–Trinajstić information content (AvgIpc) is 2.99. The lowest BCUT2D eigenvalue weighted by Crippen LogP contribution is -2.20. The number of fused-ring (bicyclic) bond motifs is 1. The fourth-order valence-corrected chi connectivity index (χ4v) is 2.31. The number of aromatic nitrogens is 1. The van der Waals surface area contributed by atoms with Gasteiger partial charge in [-0.3, -0.25) is 4.79 Å². The number of hydrogen-bond donors (Lipinski definition) is 2. The van der Waals surface area contributed by atoms with Crippen LogP contribution in [0, 0.1) is 0 Å². The maximum absolute atomic E-state index is 12.1. The zero-order valence-corrected chi connectivity index (χ0v) is 12.8. The molecule has 3 aromatic rings. The van der Waals surface area contributed by atoms with Gasteiger partial charge in [-0.2, -0.15) is 0 Å². The summed E-state index contributed by atoms with van der Waals surface area (Å²) in [5, 5.41) is 3.96. The first kappa shape index (κ1) is 15.1. The van der Waals surface area contributed by atoms with E-state index in [1.54, 1.807) is 30.5 Å². The largest absolute Gasteiger partial charge is 0.452 e. The number of carbonyl (C=O) groups is 2. The number of hydrogen-bond acceptors (Lipinski definition) is 3. The second-order valence-corrected chi connectivity index (χ2v) is 5.32. The normalized spacial score (nSPS) is 10.5. The van der Waals surface area contributed by atoms with Crippen molar-refractivity contribution in [3.8, 4) is 0 Å². The molecule has 0 spiro atoms. The standard InChI is InChI=1S/C17H13ClN2O3/c18-11-5-7-12(8-6-11)20-16(21)10-23-17(22)14-9-19-15-4-2-1-3-13(14)15/h1-9,19H,10H2,(H,20,21). The Morgan fingerprint density at radius 1 is 1.09 bits per heavy atom. The van der Waals surface area contributed by atoms with Crippen molar-refractivity contribution >= 4 is 40.1 Å². The van der Waals surface area contributed by atoms with Gasteiger partial charge in [0.15, 0.2) is 6.61 Å². The van der Waals surface area contributed by atoms with Crippen molar-refractivity contribution < 1.29 is 14.3 Å². The SMILES string of the molecule is O=C(COC(=O)c1c[nH]c2ccccc12)Nc1ccc(Cl)cc1. The Hall–Kier alpha value is -2.79. The molecule has 2 aromatic carbocycles. The van der Waals surface area contributed by atoms with Gasteiger partial charge in [-0.25, -0.2) is 4.79 Å². The topological polar surface area (TPSA) is 71.2 Å². The fraction of sp³-hybridized carbons (Fsp3) is 0.0588. The smallest absolute Gasteiger partial charge is 0.340 e. The minimum absolute atomic E-state index is 0.360. The van der Waals surface area contributed by atoms with Crippen molar-refractivity contribution in [1.82, 2.24) is 4.98 Å². The van der Waals surface area contributed by atoms with Crippen molar-refractivity contribution in [1.29, 1.82) is 0 Å². The first-order valence-corrected chi connectivity index (χ1v) is 7.30. The highest BCUT2D eigenvalue weighted by Gasteiger charge is 2.14. The predicted octanol–water partition coefficient (Wildman–Crippen LogP) is 3.62. The van der Waals surface area contributed by atoms with E-state index in [1.807, 2.05) is 24.3 Å². The molecule has 6 heteroatoms. The molecule has 23 heavy (non-hydrogen) atoms. The number of rotatable bonds is 4. The van der Waals surface area contributed by atoms with Crippen LogP contribution in [0.15, 0.2) is 54.7 Å². The molecule has 0 fully saturated rings. The second-order valence-electron chi connectivity index (χ2n) is 4.88. The van der Waals surface area contributed by atoms with Gasteiger partial charge in [-0.1, -0.05) is 29.8 Å². The van der Waals surface area contributed by atoms with Gasteiger partial charge in [-0.05, 0) is 30.3 Å². The Morgan fingerprint density at radius 2 is 1.83 bits per heavy atom. The Kier molecular flexibility index (Phi) is 4.30. The summed E-state index contributed by atoms with van der Waals surface area (Å²) in [6, 6.07) is 14.0. The summed E-state index contributed by atoms with van der Waals surface area (Å²) in [6.07, 6.45) is 1.57. The van der Waals surface area contributed by atoms with E-state index in [0.717, 1.165) is 10.9 Å². The highest BCUT2D eigenvalue weighted by Crippen LogP contribution is 2.18. The maximum Gasteiger partial charge on any atom is 0.340 e. The van der Waals surface area contributed by atoms with Gasteiger partial charge in [0.1, 0.15) is 0 Å². The molecule has 1 amide bonds. The van der Waals surface area contributed by atoms with Crippen LogP contribution >= 0.6 is 11.6 Å². The first-order chi connectivity index (χ1) is 11.1. The molecule has 5 nitrogen and oxygen atoms in total. The maximum atomic E-state index is 12.1. The summed E-state index contributed by atoms with van der Waals surface area (Å²) < 4.78 is 5.06. The monoisotopic (exact) mass is 328 g/mol. The Bertz CT molecular complexity index is 856. The van der Waals surface area contributed by atoms with E-state index in [1.165, 1.54) is 0 Å². The fourth-order valence-electron chi connectivity index (χ4n) is 2.18. The third-order valence-electron chi connectivity index (χ3n) is 3.27. The van der Waals surface area contributed by atoms with Crippen molar-refractivity contribution in [2.45, 2.75) is 0 Å². The Labute approximate surface area is 137 Å². The number of carbonyl (C=O) groups excluding carboxylic acids is 2. The molecule has 0 aliphatic carbocycles. The van der Waals surface area contributed by atoms with Crippen molar-refractivity contribution in [3.63, 3.8) is 0 Å². The second kappa shape index (κ2) is 6.54. The van der Waals surface area contributed by atoms with Gasteiger partial charge in [0.05, 0.1) is 5.56 Å².